The second kappa shape index (κ2) is 7.58. The van der Waals surface area contributed by atoms with E-state index < -0.39 is 0 Å². The normalized spacial score (nSPS) is 20.1. The molecular formula is C17H22ClN. The Morgan fingerprint density at radius 3 is 2.79 bits per heavy atom. The lowest BCUT2D eigenvalue weighted by atomic mass is 9.95. The first-order valence-corrected chi connectivity index (χ1v) is 7.59. The molecule has 0 spiro atoms. The van der Waals surface area contributed by atoms with Crippen LogP contribution in [0.2, 0.25) is 5.02 Å². The summed E-state index contributed by atoms with van der Waals surface area (Å²) in [7, 11) is 0. The fourth-order valence-electron chi connectivity index (χ4n) is 2.86. The van der Waals surface area contributed by atoms with Gasteiger partial charge in [0.25, 0.3) is 0 Å². The van der Waals surface area contributed by atoms with Gasteiger partial charge in [-0.15, -0.1) is 12.3 Å². The number of nitrogens with zero attached hydrogens (tertiary/aromatic N) is 1. The van der Waals surface area contributed by atoms with Crippen molar-refractivity contribution in [1.29, 1.82) is 0 Å². The summed E-state index contributed by atoms with van der Waals surface area (Å²) in [6.45, 7) is 2.37. The molecule has 0 saturated carbocycles. The Balaban J connectivity index is 1.91. The number of hydrogen-bond acceptors (Lipinski definition) is 1. The molecule has 1 atom stereocenters. The largest absolute Gasteiger partial charge is 0.300 e. The number of terminal acetylenes is 1. The summed E-state index contributed by atoms with van der Waals surface area (Å²) in [5.74, 6) is 2.74. The monoisotopic (exact) mass is 275 g/mol. The van der Waals surface area contributed by atoms with Gasteiger partial charge in [0, 0.05) is 17.5 Å². The first-order chi connectivity index (χ1) is 9.29. The maximum atomic E-state index is 5.94. The van der Waals surface area contributed by atoms with Gasteiger partial charge in [0.2, 0.25) is 0 Å². The average molecular weight is 276 g/mol. The Morgan fingerprint density at radius 1 is 1.26 bits per heavy atom. The fraction of sp³-hybridized carbons (Fsp3) is 0.529. The topological polar surface area (TPSA) is 3.24 Å². The Kier molecular flexibility index (Phi) is 5.76. The lowest BCUT2D eigenvalue weighted by Gasteiger charge is -2.35. The van der Waals surface area contributed by atoms with E-state index in [4.69, 9.17) is 18.0 Å². The van der Waals surface area contributed by atoms with Gasteiger partial charge in [-0.2, -0.15) is 0 Å². The molecule has 2 rings (SSSR count). The highest BCUT2D eigenvalue weighted by Gasteiger charge is 2.21. The lowest BCUT2D eigenvalue weighted by Crippen LogP contribution is -2.41. The van der Waals surface area contributed by atoms with E-state index in [0.29, 0.717) is 6.04 Å². The summed E-state index contributed by atoms with van der Waals surface area (Å²) >= 11 is 5.94. The smallest absolute Gasteiger partial charge is 0.0406 e. The number of rotatable bonds is 5. The molecule has 0 amide bonds. The zero-order valence-corrected chi connectivity index (χ0v) is 12.2. The molecule has 0 aliphatic carbocycles. The second-order valence-electron chi connectivity index (χ2n) is 5.32. The van der Waals surface area contributed by atoms with E-state index in [9.17, 15) is 0 Å². The van der Waals surface area contributed by atoms with Crippen LogP contribution in [0.3, 0.4) is 0 Å². The Bertz CT molecular complexity index is 418. The Hall–Kier alpha value is -0.970. The lowest BCUT2D eigenvalue weighted by molar-refractivity contribution is 0.146. The van der Waals surface area contributed by atoms with Gasteiger partial charge >= 0.3 is 0 Å². The molecule has 0 N–H and O–H groups in total. The van der Waals surface area contributed by atoms with Crippen molar-refractivity contribution < 1.29 is 0 Å². The van der Waals surface area contributed by atoms with Crippen molar-refractivity contribution in [3.63, 3.8) is 0 Å². The summed E-state index contributed by atoms with van der Waals surface area (Å²) in [4.78, 5) is 2.62. The van der Waals surface area contributed by atoms with Crippen LogP contribution in [-0.4, -0.2) is 24.0 Å². The molecule has 1 aliphatic heterocycles. The van der Waals surface area contributed by atoms with Crippen molar-refractivity contribution in [2.75, 3.05) is 13.1 Å². The maximum absolute atomic E-state index is 5.94. The summed E-state index contributed by atoms with van der Waals surface area (Å²) < 4.78 is 0. The maximum Gasteiger partial charge on any atom is 0.0406 e. The number of unbranched alkanes of at least 4 members (excludes halogenated alkanes) is 1. The molecule has 1 fully saturated rings. The summed E-state index contributed by atoms with van der Waals surface area (Å²) in [6.07, 6.45) is 12.5. The van der Waals surface area contributed by atoms with Gasteiger partial charge < -0.3 is 4.90 Å². The minimum absolute atomic E-state index is 0.674. The van der Waals surface area contributed by atoms with Crippen LogP contribution in [0.5, 0.6) is 0 Å². The second-order valence-corrected chi connectivity index (χ2v) is 5.76. The first kappa shape index (κ1) is 14.4. The van der Waals surface area contributed by atoms with Crippen LogP contribution in [0.15, 0.2) is 24.3 Å². The van der Waals surface area contributed by atoms with Crippen molar-refractivity contribution in [3.05, 3.63) is 34.9 Å². The van der Waals surface area contributed by atoms with Gasteiger partial charge in [-0.3, -0.25) is 0 Å². The van der Waals surface area contributed by atoms with Gasteiger partial charge in [0.1, 0.15) is 0 Å². The molecule has 19 heavy (non-hydrogen) atoms. The Labute approximate surface area is 122 Å². The third-order valence-electron chi connectivity index (χ3n) is 3.90. The zero-order chi connectivity index (χ0) is 13.5. The predicted molar refractivity (Wildman–Crippen MR) is 82.4 cm³/mol. The molecule has 1 heterocycles. The van der Waals surface area contributed by atoms with Crippen LogP contribution in [0.4, 0.5) is 0 Å². The van der Waals surface area contributed by atoms with Crippen molar-refractivity contribution >= 4 is 11.6 Å². The highest BCUT2D eigenvalue weighted by atomic mass is 35.5. The molecule has 1 aromatic carbocycles. The number of likely N-dealkylation sites (tertiary alicyclic amines) is 1. The molecule has 1 nitrogen and oxygen atoms in total. The van der Waals surface area contributed by atoms with Gasteiger partial charge in [-0.1, -0.05) is 30.2 Å². The average Bonchev–Trinajstić information content (AvgIpc) is 2.43. The van der Waals surface area contributed by atoms with Crippen molar-refractivity contribution in [3.8, 4) is 12.3 Å². The van der Waals surface area contributed by atoms with Crippen LogP contribution in [-0.2, 0) is 6.42 Å². The van der Waals surface area contributed by atoms with E-state index in [1.165, 1.54) is 31.4 Å². The van der Waals surface area contributed by atoms with Crippen molar-refractivity contribution in [2.24, 2.45) is 0 Å². The van der Waals surface area contributed by atoms with Crippen LogP contribution in [0, 0.1) is 12.3 Å². The minimum atomic E-state index is 0.674. The van der Waals surface area contributed by atoms with E-state index in [0.717, 1.165) is 30.8 Å². The van der Waals surface area contributed by atoms with Gasteiger partial charge in [0.05, 0.1) is 0 Å². The van der Waals surface area contributed by atoms with Crippen molar-refractivity contribution in [2.45, 2.75) is 44.6 Å². The molecule has 1 unspecified atom stereocenters. The molecule has 2 heteroatoms. The number of halogens is 1. The Morgan fingerprint density at radius 2 is 2.05 bits per heavy atom. The van der Waals surface area contributed by atoms with Crippen molar-refractivity contribution in [1.82, 2.24) is 4.90 Å². The molecule has 1 aromatic rings. The van der Waals surface area contributed by atoms with E-state index in [1.54, 1.807) is 0 Å². The molecular weight excluding hydrogens is 254 g/mol. The first-order valence-electron chi connectivity index (χ1n) is 7.21. The van der Waals surface area contributed by atoms with E-state index in [-0.39, 0.29) is 0 Å². The number of benzene rings is 1. The summed E-state index contributed by atoms with van der Waals surface area (Å²) in [5, 5.41) is 0.818. The molecule has 1 saturated heterocycles. The van der Waals surface area contributed by atoms with E-state index in [2.05, 4.69) is 23.0 Å². The number of hydrogen-bond donors (Lipinski definition) is 0. The zero-order valence-electron chi connectivity index (χ0n) is 11.4. The van der Waals surface area contributed by atoms with E-state index in [1.807, 2.05) is 12.1 Å². The third kappa shape index (κ3) is 4.56. The SMILES string of the molecule is C#CCCCN1CCCCC1Cc1ccc(Cl)cc1. The van der Waals surface area contributed by atoms with Crippen LogP contribution in [0.1, 0.15) is 37.7 Å². The van der Waals surface area contributed by atoms with Gasteiger partial charge in [-0.05, 0) is 56.5 Å². The fourth-order valence-corrected chi connectivity index (χ4v) is 2.99. The summed E-state index contributed by atoms with van der Waals surface area (Å²) in [5.41, 5.74) is 1.39. The molecule has 0 radical (unpaired) electrons. The van der Waals surface area contributed by atoms with Crippen LogP contribution in [0.25, 0.3) is 0 Å². The van der Waals surface area contributed by atoms with Crippen LogP contribution < -0.4 is 0 Å². The summed E-state index contributed by atoms with van der Waals surface area (Å²) in [6, 6.07) is 8.95. The standard InChI is InChI=1S/C17H22ClN/c1-2-3-5-12-19-13-6-4-7-17(19)14-15-8-10-16(18)11-9-15/h1,8-11,17H,3-7,12-14H2. The van der Waals surface area contributed by atoms with E-state index >= 15 is 0 Å². The number of piperidine rings is 1. The van der Waals surface area contributed by atoms with Gasteiger partial charge in [-0.25, -0.2) is 0 Å². The highest BCUT2D eigenvalue weighted by Crippen LogP contribution is 2.22. The van der Waals surface area contributed by atoms with Gasteiger partial charge in [0.15, 0.2) is 0 Å². The highest BCUT2D eigenvalue weighted by molar-refractivity contribution is 6.30. The molecule has 0 aromatic heterocycles. The molecule has 0 bridgehead atoms. The van der Waals surface area contributed by atoms with Crippen LogP contribution >= 0.6 is 11.6 Å². The quantitative estimate of drug-likeness (QED) is 0.576. The third-order valence-corrected chi connectivity index (χ3v) is 4.15. The molecule has 1 aliphatic rings. The molecule has 102 valence electrons. The predicted octanol–water partition coefficient (Wildman–Crippen LogP) is 4.15. The minimum Gasteiger partial charge on any atom is -0.300 e.